The number of nitrogens with one attached hydrogen (secondary N) is 1. The number of anilines is 1. The second-order valence-corrected chi connectivity index (χ2v) is 4.92. The Balaban J connectivity index is 2.19. The molecule has 2 rings (SSSR count). The van der Waals surface area contributed by atoms with Crippen LogP contribution in [0, 0.1) is 0 Å². The van der Waals surface area contributed by atoms with Gasteiger partial charge in [0.05, 0.1) is 16.7 Å². The Morgan fingerprint density at radius 3 is 2.21 bits per heavy atom. The van der Waals surface area contributed by atoms with E-state index >= 15 is 0 Å². The molecule has 3 N–H and O–H groups in total. The monoisotopic (exact) mass is 339 g/mol. The van der Waals surface area contributed by atoms with E-state index < -0.39 is 29.2 Å². The number of benzene rings is 2. The van der Waals surface area contributed by atoms with Crippen LogP contribution in [0.15, 0.2) is 42.5 Å². The normalized spacial score (nSPS) is 11.1. The Morgan fingerprint density at radius 1 is 0.958 bits per heavy atom. The van der Waals surface area contributed by atoms with Crippen LogP contribution in [0.2, 0.25) is 0 Å². The summed E-state index contributed by atoms with van der Waals surface area (Å²) in [5.41, 5.74) is -0.920. The van der Waals surface area contributed by atoms with Gasteiger partial charge in [-0.05, 0) is 35.9 Å². The van der Waals surface area contributed by atoms with Crippen LogP contribution in [0.1, 0.15) is 31.8 Å². The highest BCUT2D eigenvalue weighted by molar-refractivity contribution is 6.02. The number of rotatable bonds is 5. The van der Waals surface area contributed by atoms with Crippen LogP contribution in [0.25, 0.3) is 0 Å². The van der Waals surface area contributed by atoms with Gasteiger partial charge in [0, 0.05) is 12.2 Å². The predicted octanol–water partition coefficient (Wildman–Crippen LogP) is 3.71. The molecular weight excluding hydrogens is 327 g/mol. The summed E-state index contributed by atoms with van der Waals surface area (Å²) in [6, 6.07) is 8.30. The highest BCUT2D eigenvalue weighted by atomic mass is 19.4. The van der Waals surface area contributed by atoms with Gasteiger partial charge in [-0.3, -0.25) is 0 Å². The molecule has 0 heterocycles. The van der Waals surface area contributed by atoms with Crippen molar-refractivity contribution in [3.63, 3.8) is 0 Å². The summed E-state index contributed by atoms with van der Waals surface area (Å²) in [6.07, 6.45) is -4.45. The summed E-state index contributed by atoms with van der Waals surface area (Å²) < 4.78 is 38.0. The van der Waals surface area contributed by atoms with E-state index in [1.54, 1.807) is 0 Å². The van der Waals surface area contributed by atoms with E-state index in [0.29, 0.717) is 5.56 Å². The number of aromatic carboxylic acids is 2. The van der Waals surface area contributed by atoms with Crippen LogP contribution in [0.4, 0.5) is 18.9 Å². The first-order valence-electron chi connectivity index (χ1n) is 6.69. The Morgan fingerprint density at radius 2 is 1.62 bits per heavy atom. The molecule has 0 amide bonds. The van der Waals surface area contributed by atoms with Crippen molar-refractivity contribution in [2.75, 3.05) is 5.32 Å². The molecule has 2 aromatic carbocycles. The van der Waals surface area contributed by atoms with Crippen molar-refractivity contribution in [1.82, 2.24) is 0 Å². The van der Waals surface area contributed by atoms with Gasteiger partial charge in [0.2, 0.25) is 0 Å². The third-order valence-corrected chi connectivity index (χ3v) is 3.23. The van der Waals surface area contributed by atoms with Gasteiger partial charge in [0.1, 0.15) is 0 Å². The van der Waals surface area contributed by atoms with Gasteiger partial charge in [0.25, 0.3) is 0 Å². The van der Waals surface area contributed by atoms with Crippen LogP contribution in [-0.2, 0) is 12.7 Å². The lowest BCUT2D eigenvalue weighted by Gasteiger charge is -2.11. The lowest BCUT2D eigenvalue weighted by molar-refractivity contribution is -0.137. The average Bonchev–Trinajstić information content (AvgIpc) is 2.52. The van der Waals surface area contributed by atoms with E-state index in [4.69, 9.17) is 10.2 Å². The van der Waals surface area contributed by atoms with Crippen molar-refractivity contribution >= 4 is 17.6 Å². The van der Waals surface area contributed by atoms with E-state index in [0.717, 1.165) is 24.3 Å². The van der Waals surface area contributed by atoms with Crippen LogP contribution in [0.3, 0.4) is 0 Å². The van der Waals surface area contributed by atoms with Crippen molar-refractivity contribution in [3.8, 4) is 0 Å². The topological polar surface area (TPSA) is 86.6 Å². The zero-order valence-corrected chi connectivity index (χ0v) is 12.1. The maximum Gasteiger partial charge on any atom is 0.416 e. The molecule has 0 aromatic heterocycles. The first-order chi connectivity index (χ1) is 11.2. The van der Waals surface area contributed by atoms with E-state index in [2.05, 4.69) is 5.32 Å². The molecule has 0 atom stereocenters. The minimum Gasteiger partial charge on any atom is -0.478 e. The summed E-state index contributed by atoms with van der Waals surface area (Å²) in [5.74, 6) is -2.79. The molecule has 0 saturated carbocycles. The van der Waals surface area contributed by atoms with Crippen molar-refractivity contribution in [2.45, 2.75) is 12.7 Å². The number of carbonyl (C=O) groups is 2. The first-order valence-corrected chi connectivity index (χ1v) is 6.69. The zero-order valence-electron chi connectivity index (χ0n) is 12.1. The molecule has 24 heavy (non-hydrogen) atoms. The summed E-state index contributed by atoms with van der Waals surface area (Å²) in [4.78, 5) is 22.0. The maximum absolute atomic E-state index is 12.7. The summed E-state index contributed by atoms with van der Waals surface area (Å²) in [5, 5.41) is 20.7. The zero-order chi connectivity index (χ0) is 17.9. The van der Waals surface area contributed by atoms with Gasteiger partial charge < -0.3 is 15.5 Å². The molecule has 0 aliphatic carbocycles. The molecule has 8 heteroatoms. The van der Waals surface area contributed by atoms with Crippen LogP contribution in [-0.4, -0.2) is 22.2 Å². The lowest BCUT2D eigenvalue weighted by Crippen LogP contribution is -2.10. The van der Waals surface area contributed by atoms with E-state index in [1.165, 1.54) is 18.2 Å². The van der Waals surface area contributed by atoms with Gasteiger partial charge in [0.15, 0.2) is 0 Å². The Hall–Kier alpha value is -3.03. The highest BCUT2D eigenvalue weighted by Crippen LogP contribution is 2.29. The molecule has 0 saturated heterocycles. The van der Waals surface area contributed by atoms with Crippen molar-refractivity contribution in [2.24, 2.45) is 0 Å². The smallest absolute Gasteiger partial charge is 0.416 e. The summed E-state index contributed by atoms with van der Waals surface area (Å²) in [7, 11) is 0. The molecular formula is C16H12F3NO4. The van der Waals surface area contributed by atoms with E-state index in [-0.39, 0.29) is 17.8 Å². The molecule has 0 bridgehead atoms. The van der Waals surface area contributed by atoms with Crippen molar-refractivity contribution in [3.05, 3.63) is 64.7 Å². The number of hydrogen-bond acceptors (Lipinski definition) is 3. The molecule has 0 aliphatic rings. The fourth-order valence-corrected chi connectivity index (χ4v) is 2.08. The average molecular weight is 339 g/mol. The fraction of sp³-hybridized carbons (Fsp3) is 0.125. The minimum atomic E-state index is -4.45. The van der Waals surface area contributed by atoms with Crippen molar-refractivity contribution < 1.29 is 33.0 Å². The molecule has 0 fully saturated rings. The Bertz CT molecular complexity index is 787. The second kappa shape index (κ2) is 6.61. The number of carboxylic acid groups (broad SMARTS) is 2. The minimum absolute atomic E-state index is 0.0232. The van der Waals surface area contributed by atoms with Crippen molar-refractivity contribution in [1.29, 1.82) is 0 Å². The lowest BCUT2D eigenvalue weighted by atomic mass is 10.1. The quantitative estimate of drug-likeness (QED) is 0.773. The Labute approximate surface area is 134 Å². The Kier molecular flexibility index (Phi) is 4.77. The van der Waals surface area contributed by atoms with Gasteiger partial charge in [-0.15, -0.1) is 0 Å². The molecule has 0 spiro atoms. The largest absolute Gasteiger partial charge is 0.478 e. The van der Waals surface area contributed by atoms with Gasteiger partial charge in [-0.2, -0.15) is 13.2 Å². The van der Waals surface area contributed by atoms with Crippen LogP contribution < -0.4 is 5.32 Å². The molecule has 0 aliphatic heterocycles. The molecule has 2 aromatic rings. The third-order valence-electron chi connectivity index (χ3n) is 3.23. The van der Waals surface area contributed by atoms with Gasteiger partial charge >= 0.3 is 18.1 Å². The number of carboxylic acids is 2. The van der Waals surface area contributed by atoms with E-state index in [9.17, 15) is 22.8 Å². The van der Waals surface area contributed by atoms with Gasteiger partial charge in [-0.1, -0.05) is 12.1 Å². The van der Waals surface area contributed by atoms with Crippen LogP contribution in [0.5, 0.6) is 0 Å². The molecule has 5 nitrogen and oxygen atoms in total. The summed E-state index contributed by atoms with van der Waals surface area (Å²) >= 11 is 0. The second-order valence-electron chi connectivity index (χ2n) is 4.92. The summed E-state index contributed by atoms with van der Waals surface area (Å²) in [6.45, 7) is 0.0232. The van der Waals surface area contributed by atoms with Crippen LogP contribution >= 0.6 is 0 Å². The fourth-order valence-electron chi connectivity index (χ4n) is 2.08. The standard InChI is InChI=1S/C16H12F3NO4/c17-16(18,19)10-3-1-2-9(6-10)8-20-11-4-5-12(14(21)22)13(7-11)15(23)24/h1-7,20H,8H2,(H,21,22)(H,23,24). The molecule has 0 radical (unpaired) electrons. The predicted molar refractivity (Wildman–Crippen MR) is 79.1 cm³/mol. The highest BCUT2D eigenvalue weighted by Gasteiger charge is 2.30. The molecule has 126 valence electrons. The SMILES string of the molecule is O=C(O)c1ccc(NCc2cccc(C(F)(F)F)c2)cc1C(=O)O. The number of hydrogen-bond donors (Lipinski definition) is 3. The third kappa shape index (κ3) is 4.03. The first kappa shape index (κ1) is 17.3. The maximum atomic E-state index is 12.7. The molecule has 0 unspecified atom stereocenters. The number of alkyl halides is 3. The van der Waals surface area contributed by atoms with Gasteiger partial charge in [-0.25, -0.2) is 9.59 Å². The van der Waals surface area contributed by atoms with E-state index in [1.807, 2.05) is 0 Å². The number of halogens is 3.